The Balaban J connectivity index is 1.72. The zero-order chi connectivity index (χ0) is 16.2. The SMILES string of the molecule is COc1ccc(OC)c(/C=N/NC(=O)c2n[nH]c3c2CCC3)c1. The number of aromatic nitrogens is 2. The van der Waals surface area contributed by atoms with Crippen molar-refractivity contribution in [3.05, 3.63) is 40.7 Å². The molecule has 0 radical (unpaired) electrons. The van der Waals surface area contributed by atoms with E-state index in [0.717, 1.165) is 30.5 Å². The van der Waals surface area contributed by atoms with Gasteiger partial charge in [0.1, 0.15) is 11.5 Å². The molecule has 1 amide bonds. The lowest BCUT2D eigenvalue weighted by molar-refractivity contribution is 0.0949. The fraction of sp³-hybridized carbons (Fsp3) is 0.312. The summed E-state index contributed by atoms with van der Waals surface area (Å²) >= 11 is 0. The van der Waals surface area contributed by atoms with E-state index in [-0.39, 0.29) is 5.91 Å². The Hall–Kier alpha value is -2.83. The van der Waals surface area contributed by atoms with Crippen LogP contribution in [-0.4, -0.2) is 36.5 Å². The van der Waals surface area contributed by atoms with Crippen molar-refractivity contribution in [2.24, 2.45) is 5.10 Å². The van der Waals surface area contributed by atoms with Crippen molar-refractivity contribution in [2.45, 2.75) is 19.3 Å². The molecule has 0 bridgehead atoms. The van der Waals surface area contributed by atoms with E-state index in [9.17, 15) is 4.79 Å². The molecule has 0 spiro atoms. The monoisotopic (exact) mass is 314 g/mol. The quantitative estimate of drug-likeness (QED) is 0.649. The Bertz CT molecular complexity index is 752. The number of fused-ring (bicyclic) bond motifs is 1. The number of nitrogens with one attached hydrogen (secondary N) is 2. The molecule has 1 aliphatic carbocycles. The zero-order valence-corrected chi connectivity index (χ0v) is 13.0. The summed E-state index contributed by atoms with van der Waals surface area (Å²) in [5.41, 5.74) is 5.68. The van der Waals surface area contributed by atoms with Crippen LogP contribution in [0.3, 0.4) is 0 Å². The van der Waals surface area contributed by atoms with Gasteiger partial charge in [0.05, 0.1) is 20.4 Å². The summed E-state index contributed by atoms with van der Waals surface area (Å²) in [4.78, 5) is 12.2. The van der Waals surface area contributed by atoms with Gasteiger partial charge in [-0.1, -0.05) is 0 Å². The number of hydrogen-bond acceptors (Lipinski definition) is 5. The molecule has 0 saturated carbocycles. The molecule has 3 rings (SSSR count). The highest BCUT2D eigenvalue weighted by molar-refractivity contribution is 5.95. The topological polar surface area (TPSA) is 88.6 Å². The minimum Gasteiger partial charge on any atom is -0.497 e. The number of aromatic amines is 1. The number of rotatable bonds is 5. The number of hydrazone groups is 1. The second-order valence-corrected chi connectivity index (χ2v) is 5.19. The Morgan fingerprint density at radius 1 is 1.35 bits per heavy atom. The van der Waals surface area contributed by atoms with Crippen molar-refractivity contribution in [3.8, 4) is 11.5 Å². The summed E-state index contributed by atoms with van der Waals surface area (Å²) in [5, 5.41) is 11.0. The maximum atomic E-state index is 12.2. The highest BCUT2D eigenvalue weighted by atomic mass is 16.5. The van der Waals surface area contributed by atoms with Gasteiger partial charge in [-0.15, -0.1) is 0 Å². The molecule has 120 valence electrons. The number of benzene rings is 1. The van der Waals surface area contributed by atoms with Crippen LogP contribution in [0.4, 0.5) is 0 Å². The molecule has 7 heteroatoms. The Kier molecular flexibility index (Phi) is 4.27. The highest BCUT2D eigenvalue weighted by Crippen LogP contribution is 2.23. The summed E-state index contributed by atoms with van der Waals surface area (Å²) in [5.74, 6) is 1.01. The Morgan fingerprint density at radius 2 is 2.22 bits per heavy atom. The van der Waals surface area contributed by atoms with Crippen LogP contribution in [0.15, 0.2) is 23.3 Å². The van der Waals surface area contributed by atoms with E-state index >= 15 is 0 Å². The predicted molar refractivity (Wildman–Crippen MR) is 85.2 cm³/mol. The first-order valence-corrected chi connectivity index (χ1v) is 7.34. The first-order valence-electron chi connectivity index (χ1n) is 7.34. The van der Waals surface area contributed by atoms with Crippen molar-refractivity contribution in [1.29, 1.82) is 0 Å². The summed E-state index contributed by atoms with van der Waals surface area (Å²) in [7, 11) is 3.16. The van der Waals surface area contributed by atoms with Crippen molar-refractivity contribution in [2.75, 3.05) is 14.2 Å². The third kappa shape index (κ3) is 3.03. The first kappa shape index (κ1) is 15.1. The van der Waals surface area contributed by atoms with Gasteiger partial charge in [0.2, 0.25) is 0 Å². The predicted octanol–water partition coefficient (Wildman–Crippen LogP) is 1.68. The highest BCUT2D eigenvalue weighted by Gasteiger charge is 2.22. The summed E-state index contributed by atoms with van der Waals surface area (Å²) < 4.78 is 10.4. The smallest absolute Gasteiger partial charge is 0.292 e. The molecular formula is C16H18N4O3. The fourth-order valence-electron chi connectivity index (χ4n) is 2.66. The van der Waals surface area contributed by atoms with E-state index in [1.807, 2.05) is 0 Å². The molecule has 1 aromatic carbocycles. The largest absolute Gasteiger partial charge is 0.497 e. The Morgan fingerprint density at radius 3 is 3.00 bits per heavy atom. The lowest BCUT2D eigenvalue weighted by Crippen LogP contribution is -2.19. The summed E-state index contributed by atoms with van der Waals surface area (Å²) in [6, 6.07) is 5.35. The van der Waals surface area contributed by atoms with E-state index < -0.39 is 0 Å². The van der Waals surface area contributed by atoms with Crippen molar-refractivity contribution < 1.29 is 14.3 Å². The van der Waals surface area contributed by atoms with E-state index in [0.29, 0.717) is 22.8 Å². The minimum absolute atomic E-state index is 0.317. The van der Waals surface area contributed by atoms with E-state index in [4.69, 9.17) is 9.47 Å². The molecule has 0 fully saturated rings. The van der Waals surface area contributed by atoms with Gasteiger partial charge in [-0.3, -0.25) is 9.89 Å². The van der Waals surface area contributed by atoms with Gasteiger partial charge in [0.15, 0.2) is 5.69 Å². The molecule has 7 nitrogen and oxygen atoms in total. The molecule has 23 heavy (non-hydrogen) atoms. The molecular weight excluding hydrogens is 296 g/mol. The standard InChI is InChI=1S/C16H18N4O3/c1-22-11-6-7-14(23-2)10(8-11)9-17-20-16(21)15-12-4-3-5-13(12)18-19-15/h6-9H,3-5H2,1-2H3,(H,18,19)(H,20,21)/b17-9+. The van der Waals surface area contributed by atoms with E-state index in [1.165, 1.54) is 6.21 Å². The molecule has 1 aromatic heterocycles. The lowest BCUT2D eigenvalue weighted by atomic mass is 10.2. The van der Waals surface area contributed by atoms with Gasteiger partial charge in [-0.05, 0) is 37.5 Å². The second kappa shape index (κ2) is 6.51. The van der Waals surface area contributed by atoms with Crippen LogP contribution in [-0.2, 0) is 12.8 Å². The fourth-order valence-corrected chi connectivity index (χ4v) is 2.66. The molecule has 0 unspecified atom stereocenters. The van der Waals surface area contributed by atoms with Gasteiger partial charge in [-0.25, -0.2) is 5.43 Å². The van der Waals surface area contributed by atoms with Gasteiger partial charge in [0, 0.05) is 16.8 Å². The number of ether oxygens (including phenoxy) is 2. The number of carbonyl (C=O) groups is 1. The number of H-pyrrole nitrogens is 1. The summed E-state index contributed by atoms with van der Waals surface area (Å²) in [6.07, 6.45) is 4.39. The normalized spacial score (nSPS) is 13.1. The molecule has 0 aliphatic heterocycles. The van der Waals surface area contributed by atoms with Crippen molar-refractivity contribution in [3.63, 3.8) is 0 Å². The average Bonchev–Trinajstić information content (AvgIpc) is 3.17. The number of carbonyl (C=O) groups excluding carboxylic acids is 1. The van der Waals surface area contributed by atoms with Gasteiger partial charge >= 0.3 is 0 Å². The van der Waals surface area contributed by atoms with Gasteiger partial charge in [-0.2, -0.15) is 10.2 Å². The third-order valence-corrected chi connectivity index (χ3v) is 3.83. The van der Waals surface area contributed by atoms with Crippen molar-refractivity contribution >= 4 is 12.1 Å². The lowest BCUT2D eigenvalue weighted by Gasteiger charge is -2.06. The maximum absolute atomic E-state index is 12.2. The van der Waals surface area contributed by atoms with Crippen LogP contribution in [0.25, 0.3) is 0 Å². The molecule has 0 atom stereocenters. The Labute approximate surface area is 133 Å². The molecule has 1 heterocycles. The van der Waals surface area contributed by atoms with Crippen LogP contribution < -0.4 is 14.9 Å². The van der Waals surface area contributed by atoms with Crippen LogP contribution in [0.2, 0.25) is 0 Å². The molecule has 2 aromatic rings. The van der Waals surface area contributed by atoms with Crippen molar-refractivity contribution in [1.82, 2.24) is 15.6 Å². The summed E-state index contributed by atoms with van der Waals surface area (Å²) in [6.45, 7) is 0. The molecule has 0 saturated heterocycles. The van der Waals surface area contributed by atoms with Gasteiger partial charge < -0.3 is 9.47 Å². The number of aryl methyl sites for hydroxylation is 1. The number of nitrogens with zero attached hydrogens (tertiary/aromatic N) is 2. The van der Waals surface area contributed by atoms with Gasteiger partial charge in [0.25, 0.3) is 5.91 Å². The van der Waals surface area contributed by atoms with E-state index in [2.05, 4.69) is 20.7 Å². The van der Waals surface area contributed by atoms with Crippen LogP contribution in [0.5, 0.6) is 11.5 Å². The number of hydrogen-bond donors (Lipinski definition) is 2. The second-order valence-electron chi connectivity index (χ2n) is 5.19. The number of amides is 1. The van der Waals surface area contributed by atoms with Crippen LogP contribution in [0.1, 0.15) is 33.7 Å². The third-order valence-electron chi connectivity index (χ3n) is 3.83. The van der Waals surface area contributed by atoms with Crippen LogP contribution >= 0.6 is 0 Å². The average molecular weight is 314 g/mol. The zero-order valence-electron chi connectivity index (χ0n) is 13.0. The maximum Gasteiger partial charge on any atom is 0.292 e. The minimum atomic E-state index is -0.317. The van der Waals surface area contributed by atoms with E-state index in [1.54, 1.807) is 32.4 Å². The number of methoxy groups -OCH3 is 2. The molecule has 2 N–H and O–H groups in total. The first-order chi connectivity index (χ1) is 11.2. The molecule has 1 aliphatic rings. The van der Waals surface area contributed by atoms with Crippen LogP contribution in [0, 0.1) is 0 Å².